The third kappa shape index (κ3) is 5.68. The van der Waals surface area contributed by atoms with E-state index in [1.807, 2.05) is 4.90 Å². The lowest BCUT2D eigenvalue weighted by atomic mass is 10.1. The molecule has 0 unspecified atom stereocenters. The number of likely N-dealkylation sites (tertiary alicyclic amines) is 1. The molecule has 0 bridgehead atoms. The first-order valence-corrected chi connectivity index (χ1v) is 12.8. The highest BCUT2D eigenvalue weighted by atomic mass is 32.2. The largest absolute Gasteiger partial charge is 0.348 e. The smallest absolute Gasteiger partial charge is 0.262 e. The highest BCUT2D eigenvalue weighted by Gasteiger charge is 2.21. The maximum absolute atomic E-state index is 13.9. The van der Waals surface area contributed by atoms with Gasteiger partial charge in [0.2, 0.25) is 0 Å². The average molecular weight is 496 g/mol. The molecule has 3 aromatic carbocycles. The van der Waals surface area contributed by atoms with Gasteiger partial charge in [-0.2, -0.15) is 0 Å². The number of carbonyl (C=O) groups is 2. The summed E-state index contributed by atoms with van der Waals surface area (Å²) in [6.45, 7) is 3.47. The predicted molar refractivity (Wildman–Crippen MR) is 131 cm³/mol. The monoisotopic (exact) mass is 495 g/mol. The lowest BCUT2D eigenvalue weighted by Gasteiger charge is -2.15. The van der Waals surface area contributed by atoms with Crippen LogP contribution in [-0.2, 0) is 16.6 Å². The Morgan fingerprint density at radius 3 is 2.34 bits per heavy atom. The second-order valence-electron chi connectivity index (χ2n) is 8.44. The summed E-state index contributed by atoms with van der Waals surface area (Å²) in [5.74, 6) is -1.13. The Morgan fingerprint density at radius 1 is 0.971 bits per heavy atom. The number of rotatable bonds is 7. The number of anilines is 1. The molecule has 3 aromatic rings. The minimum Gasteiger partial charge on any atom is -0.348 e. The number of para-hydroxylation sites is 1. The molecule has 182 valence electrons. The number of hydrogen-bond donors (Lipinski definition) is 2. The van der Waals surface area contributed by atoms with E-state index in [9.17, 15) is 22.4 Å². The Kier molecular flexibility index (Phi) is 7.16. The molecule has 4 rings (SSSR count). The van der Waals surface area contributed by atoms with Gasteiger partial charge < -0.3 is 10.2 Å². The quantitative estimate of drug-likeness (QED) is 0.516. The number of amides is 2. The van der Waals surface area contributed by atoms with Crippen LogP contribution in [0.15, 0.2) is 71.6 Å². The van der Waals surface area contributed by atoms with E-state index in [0.717, 1.165) is 37.6 Å². The third-order valence-corrected chi connectivity index (χ3v) is 7.29. The number of nitrogens with zero attached hydrogens (tertiary/aromatic N) is 1. The molecule has 1 aliphatic heterocycles. The SMILES string of the molecule is Cc1ccc(S(=O)(=O)Nc2ccccc2F)cc1C(=O)NCc1ccc(C(=O)N2CCCC2)cc1. The van der Waals surface area contributed by atoms with Gasteiger partial charge in [0.25, 0.3) is 21.8 Å². The first kappa shape index (κ1) is 24.4. The molecule has 2 amide bonds. The standard InChI is InChI=1S/C26H26FN3O4S/c1-18-8-13-21(35(33,34)29-24-7-3-2-6-23(24)27)16-22(18)25(31)28-17-19-9-11-20(12-10-19)26(32)30-14-4-5-15-30/h2-3,6-13,16,29H,4-5,14-15,17H2,1H3,(H,28,31). The molecule has 0 aliphatic carbocycles. The molecule has 1 fully saturated rings. The van der Waals surface area contributed by atoms with Crippen molar-refractivity contribution in [2.24, 2.45) is 0 Å². The number of benzene rings is 3. The lowest BCUT2D eigenvalue weighted by molar-refractivity contribution is 0.0792. The van der Waals surface area contributed by atoms with Gasteiger partial charge in [0.1, 0.15) is 5.82 Å². The summed E-state index contributed by atoms with van der Waals surface area (Å²) in [5, 5.41) is 2.79. The van der Waals surface area contributed by atoms with Gasteiger partial charge in [0, 0.05) is 30.8 Å². The van der Waals surface area contributed by atoms with Crippen molar-refractivity contribution in [2.45, 2.75) is 31.2 Å². The minimum atomic E-state index is -4.10. The van der Waals surface area contributed by atoms with E-state index in [1.54, 1.807) is 31.2 Å². The maximum Gasteiger partial charge on any atom is 0.262 e. The number of hydrogen-bond acceptors (Lipinski definition) is 4. The van der Waals surface area contributed by atoms with E-state index in [-0.39, 0.29) is 28.6 Å². The summed E-state index contributed by atoms with van der Waals surface area (Å²) in [6, 6.07) is 16.7. The van der Waals surface area contributed by atoms with Gasteiger partial charge in [-0.25, -0.2) is 12.8 Å². The van der Waals surface area contributed by atoms with Crippen molar-refractivity contribution < 1.29 is 22.4 Å². The molecule has 2 N–H and O–H groups in total. The zero-order chi connectivity index (χ0) is 25.0. The fourth-order valence-electron chi connectivity index (χ4n) is 3.91. The van der Waals surface area contributed by atoms with Gasteiger partial charge in [-0.15, -0.1) is 0 Å². The van der Waals surface area contributed by atoms with Crippen LogP contribution in [0.1, 0.15) is 44.7 Å². The Balaban J connectivity index is 1.43. The van der Waals surface area contributed by atoms with E-state index in [2.05, 4.69) is 10.0 Å². The van der Waals surface area contributed by atoms with Gasteiger partial charge in [-0.1, -0.05) is 30.3 Å². The van der Waals surface area contributed by atoms with Crippen LogP contribution < -0.4 is 10.0 Å². The van der Waals surface area contributed by atoms with E-state index in [4.69, 9.17) is 0 Å². The van der Waals surface area contributed by atoms with Crippen LogP contribution in [0.2, 0.25) is 0 Å². The first-order valence-electron chi connectivity index (χ1n) is 11.3. The zero-order valence-corrected chi connectivity index (χ0v) is 20.1. The van der Waals surface area contributed by atoms with Crippen LogP contribution >= 0.6 is 0 Å². The zero-order valence-electron chi connectivity index (χ0n) is 19.3. The normalized spacial score (nSPS) is 13.5. The van der Waals surface area contributed by atoms with Gasteiger partial charge in [0.05, 0.1) is 10.6 Å². The third-order valence-electron chi connectivity index (χ3n) is 5.93. The average Bonchev–Trinajstić information content (AvgIpc) is 3.39. The Labute approximate surface area is 204 Å². The Bertz CT molecular complexity index is 1350. The highest BCUT2D eigenvalue weighted by Crippen LogP contribution is 2.21. The van der Waals surface area contributed by atoms with Crippen molar-refractivity contribution in [3.05, 3.63) is 94.8 Å². The van der Waals surface area contributed by atoms with Gasteiger partial charge in [0.15, 0.2) is 0 Å². The van der Waals surface area contributed by atoms with Crippen LogP contribution in [0.25, 0.3) is 0 Å². The second kappa shape index (κ2) is 10.3. The molecule has 35 heavy (non-hydrogen) atoms. The fourth-order valence-corrected chi connectivity index (χ4v) is 5.00. The van der Waals surface area contributed by atoms with Crippen molar-refractivity contribution in [3.8, 4) is 0 Å². The Hall–Kier alpha value is -3.72. The van der Waals surface area contributed by atoms with Crippen LogP contribution in [0.3, 0.4) is 0 Å². The molecule has 9 heteroatoms. The van der Waals surface area contributed by atoms with Crippen molar-refractivity contribution in [2.75, 3.05) is 17.8 Å². The number of carbonyl (C=O) groups excluding carboxylic acids is 2. The highest BCUT2D eigenvalue weighted by molar-refractivity contribution is 7.92. The summed E-state index contributed by atoms with van der Waals surface area (Å²) in [5.41, 5.74) is 2.03. The molecular weight excluding hydrogens is 469 g/mol. The van der Waals surface area contributed by atoms with E-state index >= 15 is 0 Å². The summed E-state index contributed by atoms with van der Waals surface area (Å²) in [7, 11) is -4.10. The molecule has 0 aromatic heterocycles. The molecule has 1 aliphatic rings. The van der Waals surface area contributed by atoms with Crippen LogP contribution in [0, 0.1) is 12.7 Å². The molecule has 1 heterocycles. The number of nitrogens with one attached hydrogen (secondary N) is 2. The number of aryl methyl sites for hydroxylation is 1. The van der Waals surface area contributed by atoms with Crippen molar-refractivity contribution in [1.82, 2.24) is 10.2 Å². The van der Waals surface area contributed by atoms with Gasteiger partial charge in [-0.05, 0) is 67.3 Å². The molecule has 0 saturated carbocycles. The molecule has 0 atom stereocenters. The van der Waals surface area contributed by atoms with Crippen molar-refractivity contribution in [1.29, 1.82) is 0 Å². The lowest BCUT2D eigenvalue weighted by Crippen LogP contribution is -2.27. The summed E-state index contributed by atoms with van der Waals surface area (Å²) >= 11 is 0. The number of sulfonamides is 1. The summed E-state index contributed by atoms with van der Waals surface area (Å²) in [6.07, 6.45) is 2.05. The summed E-state index contributed by atoms with van der Waals surface area (Å²) in [4.78, 5) is 27.0. The van der Waals surface area contributed by atoms with Crippen molar-refractivity contribution in [3.63, 3.8) is 0 Å². The molecule has 0 radical (unpaired) electrons. The van der Waals surface area contributed by atoms with Gasteiger partial charge >= 0.3 is 0 Å². The topological polar surface area (TPSA) is 95.6 Å². The fraction of sp³-hybridized carbons (Fsp3) is 0.231. The number of halogens is 1. The van der Waals surface area contributed by atoms with Crippen molar-refractivity contribution >= 4 is 27.5 Å². The molecule has 1 saturated heterocycles. The van der Waals surface area contributed by atoms with E-state index < -0.39 is 21.7 Å². The molecular formula is C26H26FN3O4S. The first-order chi connectivity index (χ1) is 16.7. The van der Waals surface area contributed by atoms with Crippen LogP contribution in [0.5, 0.6) is 0 Å². The molecule has 7 nitrogen and oxygen atoms in total. The maximum atomic E-state index is 13.9. The summed E-state index contributed by atoms with van der Waals surface area (Å²) < 4.78 is 41.6. The van der Waals surface area contributed by atoms with Crippen LogP contribution in [0.4, 0.5) is 10.1 Å². The molecule has 0 spiro atoms. The van der Waals surface area contributed by atoms with Crippen LogP contribution in [-0.4, -0.2) is 38.2 Å². The second-order valence-corrected chi connectivity index (χ2v) is 10.1. The van der Waals surface area contributed by atoms with E-state index in [1.165, 1.54) is 36.4 Å². The Morgan fingerprint density at radius 2 is 1.66 bits per heavy atom. The minimum absolute atomic E-state index is 0.00993. The van der Waals surface area contributed by atoms with E-state index in [0.29, 0.717) is 11.1 Å². The van der Waals surface area contributed by atoms with Gasteiger partial charge in [-0.3, -0.25) is 14.3 Å². The predicted octanol–water partition coefficient (Wildman–Crippen LogP) is 4.10.